The third kappa shape index (κ3) is 4.64. The highest BCUT2D eigenvalue weighted by molar-refractivity contribution is 6.05. The number of anilines is 1. The maximum atomic E-state index is 13.5. The van der Waals surface area contributed by atoms with Gasteiger partial charge in [0, 0.05) is 11.1 Å². The van der Waals surface area contributed by atoms with E-state index in [1.165, 1.54) is 9.42 Å². The number of nitrogens with zero attached hydrogens (tertiary/aromatic N) is 4. The Morgan fingerprint density at radius 2 is 1.91 bits per heavy atom. The average Bonchev–Trinajstić information content (AvgIpc) is 3.26. The summed E-state index contributed by atoms with van der Waals surface area (Å²) in [4.78, 5) is 37.1. The van der Waals surface area contributed by atoms with Crippen molar-refractivity contribution >= 4 is 17.6 Å². The molecular weight excluding hydrogens is 418 g/mol. The summed E-state index contributed by atoms with van der Waals surface area (Å²) < 4.78 is 6.65. The van der Waals surface area contributed by atoms with E-state index in [2.05, 4.69) is 22.0 Å². The van der Waals surface area contributed by atoms with E-state index in [1.54, 1.807) is 19.2 Å². The van der Waals surface area contributed by atoms with Crippen molar-refractivity contribution in [2.75, 3.05) is 12.0 Å². The van der Waals surface area contributed by atoms with Gasteiger partial charge in [-0.15, -0.1) is 0 Å². The number of carbonyl (C=O) groups excluding carboxylic acids is 1. The molecule has 1 amide bonds. The van der Waals surface area contributed by atoms with Crippen LogP contribution in [0.25, 0.3) is 5.78 Å². The van der Waals surface area contributed by atoms with Gasteiger partial charge >= 0.3 is 0 Å². The van der Waals surface area contributed by atoms with Crippen LogP contribution in [-0.4, -0.2) is 32.6 Å². The van der Waals surface area contributed by atoms with E-state index in [1.807, 2.05) is 49.4 Å². The third-order valence-electron chi connectivity index (χ3n) is 5.56. The van der Waals surface area contributed by atoms with Gasteiger partial charge in [-0.2, -0.15) is 9.50 Å². The van der Waals surface area contributed by atoms with Crippen molar-refractivity contribution in [2.24, 2.45) is 0 Å². The van der Waals surface area contributed by atoms with Crippen LogP contribution in [0.4, 0.5) is 5.95 Å². The monoisotopic (exact) mass is 445 g/mol. The minimum atomic E-state index is -0.242. The molecule has 0 aliphatic carbocycles. The van der Waals surface area contributed by atoms with E-state index >= 15 is 0 Å². The van der Waals surface area contributed by atoms with Gasteiger partial charge in [-0.05, 0) is 49.6 Å². The van der Waals surface area contributed by atoms with E-state index in [-0.39, 0.29) is 29.7 Å². The quantitative estimate of drug-likeness (QED) is 0.444. The zero-order valence-electron chi connectivity index (χ0n) is 19.0. The number of hydrogen-bond donors (Lipinski definition) is 1. The highest BCUT2D eigenvalue weighted by atomic mass is 16.5. The van der Waals surface area contributed by atoms with E-state index < -0.39 is 0 Å². The molecule has 0 saturated heterocycles. The summed E-state index contributed by atoms with van der Waals surface area (Å²) in [6.45, 7) is 4.14. The molecule has 4 aromatic rings. The van der Waals surface area contributed by atoms with Crippen LogP contribution in [-0.2, 0) is 13.0 Å². The number of ether oxygens (including phenoxy) is 1. The summed E-state index contributed by atoms with van der Waals surface area (Å²) >= 11 is 0. The van der Waals surface area contributed by atoms with Crippen LogP contribution in [0.15, 0.2) is 59.4 Å². The second-order valence-electron chi connectivity index (χ2n) is 7.88. The minimum Gasteiger partial charge on any atom is -0.497 e. The fraction of sp³-hybridized carbons (Fsp3) is 0.280. The predicted molar refractivity (Wildman–Crippen MR) is 127 cm³/mol. The third-order valence-corrected chi connectivity index (χ3v) is 5.56. The second kappa shape index (κ2) is 9.68. The van der Waals surface area contributed by atoms with Crippen LogP contribution in [0.2, 0.25) is 0 Å². The number of carbonyl (C=O) groups is 1. The molecule has 0 aliphatic heterocycles. The molecule has 0 unspecified atom stereocenters. The van der Waals surface area contributed by atoms with Crippen LogP contribution in [0, 0.1) is 6.92 Å². The van der Waals surface area contributed by atoms with Crippen LogP contribution in [0.1, 0.15) is 46.9 Å². The fourth-order valence-corrected chi connectivity index (χ4v) is 3.74. The van der Waals surface area contributed by atoms with Crippen molar-refractivity contribution in [3.63, 3.8) is 0 Å². The number of hydrogen-bond acceptors (Lipinski definition) is 5. The number of fused-ring (bicyclic) bond motifs is 1. The van der Waals surface area contributed by atoms with Crippen molar-refractivity contribution in [3.05, 3.63) is 87.3 Å². The molecule has 2 heterocycles. The number of amides is 1. The van der Waals surface area contributed by atoms with Gasteiger partial charge in [0.25, 0.3) is 17.2 Å². The first-order valence-corrected chi connectivity index (χ1v) is 11.0. The number of aromatic nitrogens is 4. The summed E-state index contributed by atoms with van der Waals surface area (Å²) in [7, 11) is 1.60. The Morgan fingerprint density at radius 1 is 1.12 bits per heavy atom. The Morgan fingerprint density at radius 3 is 2.64 bits per heavy atom. The lowest BCUT2D eigenvalue weighted by atomic mass is 10.1. The van der Waals surface area contributed by atoms with Gasteiger partial charge in [-0.3, -0.25) is 19.6 Å². The summed E-state index contributed by atoms with van der Waals surface area (Å²) in [6.07, 6.45) is 2.54. The maximum Gasteiger partial charge on any atom is 0.277 e. The van der Waals surface area contributed by atoms with Gasteiger partial charge in [0.05, 0.1) is 19.3 Å². The van der Waals surface area contributed by atoms with Crippen molar-refractivity contribution < 1.29 is 9.53 Å². The molecule has 0 aliphatic rings. The molecule has 0 atom stereocenters. The van der Waals surface area contributed by atoms with Gasteiger partial charge < -0.3 is 4.74 Å². The van der Waals surface area contributed by atoms with Crippen LogP contribution < -0.4 is 15.2 Å². The van der Waals surface area contributed by atoms with Crippen molar-refractivity contribution in [1.82, 2.24) is 19.6 Å². The first-order chi connectivity index (χ1) is 16.0. The summed E-state index contributed by atoms with van der Waals surface area (Å²) in [5.41, 5.74) is 2.52. The number of H-pyrrole nitrogens is 1. The van der Waals surface area contributed by atoms with Crippen molar-refractivity contribution in [3.8, 4) is 5.75 Å². The number of benzene rings is 2. The topological polar surface area (TPSA) is 92.6 Å². The summed E-state index contributed by atoms with van der Waals surface area (Å²) in [5.74, 6) is 0.944. The highest BCUT2D eigenvalue weighted by Crippen LogP contribution is 2.20. The van der Waals surface area contributed by atoms with Crippen LogP contribution in [0.3, 0.4) is 0 Å². The zero-order valence-corrected chi connectivity index (χ0v) is 19.0. The van der Waals surface area contributed by atoms with Crippen LogP contribution in [0.5, 0.6) is 5.75 Å². The molecule has 8 heteroatoms. The number of nitrogens with one attached hydrogen (secondary N) is 1. The van der Waals surface area contributed by atoms with Gasteiger partial charge in [0.2, 0.25) is 5.95 Å². The van der Waals surface area contributed by atoms with Crippen LogP contribution >= 0.6 is 0 Å². The Kier molecular flexibility index (Phi) is 6.53. The predicted octanol–water partition coefficient (Wildman–Crippen LogP) is 3.92. The largest absolute Gasteiger partial charge is 0.497 e. The standard InChI is InChI=1S/C25H27N5O3/c1-4-5-14-21-17(2)26-24-27-25(28-30(24)23(21)32)29(22(31)19-11-7-6-8-12-19)16-18-10-9-13-20(15-18)33-3/h6-13,15H,4-5,14,16H2,1-3H3,(H,26,27,28). The lowest BCUT2D eigenvalue weighted by Crippen LogP contribution is -2.31. The van der Waals surface area contributed by atoms with Gasteiger partial charge in [0.1, 0.15) is 5.75 Å². The first-order valence-electron chi connectivity index (χ1n) is 11.0. The van der Waals surface area contributed by atoms with Gasteiger partial charge in [0.15, 0.2) is 0 Å². The molecule has 0 spiro atoms. The van der Waals surface area contributed by atoms with E-state index in [0.29, 0.717) is 29.0 Å². The van der Waals surface area contributed by atoms with Crippen molar-refractivity contribution in [2.45, 2.75) is 39.7 Å². The Hall–Kier alpha value is -3.94. The van der Waals surface area contributed by atoms with E-state index in [9.17, 15) is 9.59 Å². The summed E-state index contributed by atoms with van der Waals surface area (Å²) in [5, 5.41) is 3.01. The smallest absolute Gasteiger partial charge is 0.277 e. The second-order valence-corrected chi connectivity index (χ2v) is 7.88. The van der Waals surface area contributed by atoms with E-state index in [0.717, 1.165) is 18.4 Å². The first kappa shape index (κ1) is 22.3. The lowest BCUT2D eigenvalue weighted by Gasteiger charge is -2.20. The molecular formula is C25H27N5O3. The molecule has 8 nitrogen and oxygen atoms in total. The molecule has 0 fully saturated rings. The zero-order chi connectivity index (χ0) is 23.4. The number of methoxy groups -OCH3 is 1. The molecule has 2 aromatic heterocycles. The fourth-order valence-electron chi connectivity index (χ4n) is 3.74. The Balaban J connectivity index is 1.79. The molecule has 1 N–H and O–H groups in total. The number of aryl methyl sites for hydroxylation is 1. The number of unbranched alkanes of at least 4 members (excludes halogenated alkanes) is 1. The summed E-state index contributed by atoms with van der Waals surface area (Å²) in [6, 6.07) is 16.5. The molecule has 2 aromatic carbocycles. The van der Waals surface area contributed by atoms with Gasteiger partial charge in [-0.1, -0.05) is 43.7 Å². The lowest BCUT2D eigenvalue weighted by molar-refractivity contribution is 0.0983. The molecule has 0 bridgehead atoms. The normalized spacial score (nSPS) is 11.0. The van der Waals surface area contributed by atoms with E-state index in [4.69, 9.17) is 4.74 Å². The van der Waals surface area contributed by atoms with Crippen molar-refractivity contribution in [1.29, 1.82) is 0 Å². The molecule has 0 radical (unpaired) electrons. The molecule has 170 valence electrons. The Labute approximate surface area is 191 Å². The highest BCUT2D eigenvalue weighted by Gasteiger charge is 2.23. The van der Waals surface area contributed by atoms with Gasteiger partial charge in [-0.25, -0.2) is 4.98 Å². The molecule has 4 rings (SSSR count). The minimum absolute atomic E-state index is 0.182. The Bertz CT molecular complexity index is 1330. The average molecular weight is 446 g/mol. The molecule has 33 heavy (non-hydrogen) atoms. The maximum absolute atomic E-state index is 13.5. The molecule has 0 saturated carbocycles. The number of aromatic amines is 1. The number of rotatable bonds is 8. The SMILES string of the molecule is CCCCc1c(C)nc2nc(N(Cc3cccc(OC)c3)C(=O)c3ccccc3)[nH]n2c1=O.